The van der Waals surface area contributed by atoms with Gasteiger partial charge < -0.3 is 5.32 Å². The minimum Gasteiger partial charge on any atom is -0.316 e. The third-order valence-corrected chi connectivity index (χ3v) is 4.35. The van der Waals surface area contributed by atoms with Crippen molar-refractivity contribution in [1.82, 2.24) is 10.3 Å². The van der Waals surface area contributed by atoms with E-state index in [2.05, 4.69) is 34.6 Å². The molecule has 0 bridgehead atoms. The highest BCUT2D eigenvalue weighted by molar-refractivity contribution is 5.97. The topological polar surface area (TPSA) is 42.0 Å². The number of carbonyl (C=O) groups excluding carboxylic acids is 1. The molecule has 114 valence electrons. The Hall–Kier alpha value is -2.00. The molecule has 2 aromatic rings. The van der Waals surface area contributed by atoms with Gasteiger partial charge in [-0.05, 0) is 55.5 Å². The first-order chi connectivity index (χ1) is 10.7. The summed E-state index contributed by atoms with van der Waals surface area (Å²) in [6, 6.07) is 12.3. The number of aryl methyl sites for hydroxylation is 1. The summed E-state index contributed by atoms with van der Waals surface area (Å²) in [6.45, 7) is 4.12. The summed E-state index contributed by atoms with van der Waals surface area (Å²) in [7, 11) is 0. The van der Waals surface area contributed by atoms with Gasteiger partial charge >= 0.3 is 0 Å². The number of ketones is 1. The van der Waals surface area contributed by atoms with Crippen LogP contribution in [0.15, 0.2) is 42.6 Å². The third kappa shape index (κ3) is 3.60. The molecular weight excluding hydrogens is 272 g/mol. The second kappa shape index (κ2) is 6.84. The second-order valence-electron chi connectivity index (χ2n) is 6.07. The van der Waals surface area contributed by atoms with Crippen molar-refractivity contribution < 1.29 is 4.79 Å². The van der Waals surface area contributed by atoms with E-state index < -0.39 is 0 Å². The number of rotatable bonds is 4. The van der Waals surface area contributed by atoms with Crippen LogP contribution in [-0.2, 0) is 6.42 Å². The molecule has 1 N–H and O–H groups in total. The number of benzene rings is 1. The highest BCUT2D eigenvalue weighted by Gasteiger charge is 2.15. The Morgan fingerprint density at radius 1 is 1.23 bits per heavy atom. The molecule has 1 aromatic heterocycles. The van der Waals surface area contributed by atoms with E-state index >= 15 is 0 Å². The van der Waals surface area contributed by atoms with Crippen LogP contribution >= 0.6 is 0 Å². The van der Waals surface area contributed by atoms with Crippen molar-refractivity contribution in [2.75, 3.05) is 13.1 Å². The van der Waals surface area contributed by atoms with Crippen molar-refractivity contribution in [3.8, 4) is 0 Å². The zero-order valence-corrected chi connectivity index (χ0v) is 13.0. The number of piperidine rings is 1. The highest BCUT2D eigenvalue weighted by Crippen LogP contribution is 2.23. The predicted octanol–water partition coefficient (Wildman–Crippen LogP) is 3.28. The maximum atomic E-state index is 12.3. The van der Waals surface area contributed by atoms with Crippen molar-refractivity contribution >= 4 is 5.78 Å². The third-order valence-electron chi connectivity index (χ3n) is 4.35. The molecule has 1 aromatic carbocycles. The van der Waals surface area contributed by atoms with E-state index in [4.69, 9.17) is 0 Å². The van der Waals surface area contributed by atoms with Gasteiger partial charge in [0.25, 0.3) is 0 Å². The van der Waals surface area contributed by atoms with Crippen LogP contribution in [0.2, 0.25) is 0 Å². The highest BCUT2D eigenvalue weighted by atomic mass is 16.1. The quantitative estimate of drug-likeness (QED) is 0.880. The van der Waals surface area contributed by atoms with Crippen LogP contribution in [0.5, 0.6) is 0 Å². The van der Waals surface area contributed by atoms with Crippen LogP contribution in [0, 0.1) is 6.92 Å². The molecule has 0 amide bonds. The summed E-state index contributed by atoms with van der Waals surface area (Å²) in [4.78, 5) is 16.5. The summed E-state index contributed by atoms with van der Waals surface area (Å²) >= 11 is 0. The number of nitrogens with zero attached hydrogens (tertiary/aromatic N) is 1. The number of pyridine rings is 1. The molecule has 22 heavy (non-hydrogen) atoms. The molecule has 0 aliphatic carbocycles. The van der Waals surface area contributed by atoms with Crippen LogP contribution in [0.3, 0.4) is 0 Å². The van der Waals surface area contributed by atoms with Gasteiger partial charge in [0.05, 0.1) is 0 Å². The van der Waals surface area contributed by atoms with E-state index in [-0.39, 0.29) is 5.78 Å². The van der Waals surface area contributed by atoms with E-state index in [1.54, 1.807) is 6.20 Å². The maximum Gasteiger partial charge on any atom is 0.168 e. The zero-order chi connectivity index (χ0) is 15.4. The molecule has 1 fully saturated rings. The second-order valence-corrected chi connectivity index (χ2v) is 6.07. The fourth-order valence-electron chi connectivity index (χ4n) is 2.96. The number of carbonyl (C=O) groups is 1. The standard InChI is InChI=1S/C19H22N2O/c1-14-4-7-18(13-21-14)19(22)11-15-5-8-16(9-6-15)17-3-2-10-20-12-17/h4-9,13,17,20H,2-3,10-12H2,1H3/t17-/m0/s1. The van der Waals surface area contributed by atoms with Gasteiger partial charge in [-0.2, -0.15) is 0 Å². The lowest BCUT2D eigenvalue weighted by Crippen LogP contribution is -2.28. The number of Topliss-reactive ketones (excluding diaryl/α,β-unsaturated/α-hetero) is 1. The molecule has 1 aliphatic heterocycles. The van der Waals surface area contributed by atoms with Crippen LogP contribution in [0.1, 0.15) is 45.9 Å². The Kier molecular flexibility index (Phi) is 4.64. The average Bonchev–Trinajstić information content (AvgIpc) is 2.57. The van der Waals surface area contributed by atoms with E-state index in [0.29, 0.717) is 17.9 Å². The fraction of sp³-hybridized carbons (Fsp3) is 0.368. The molecule has 3 rings (SSSR count). The van der Waals surface area contributed by atoms with Crippen LogP contribution in [0.4, 0.5) is 0 Å². The minimum absolute atomic E-state index is 0.125. The zero-order valence-electron chi connectivity index (χ0n) is 13.0. The molecule has 3 nitrogen and oxygen atoms in total. The molecule has 3 heteroatoms. The van der Waals surface area contributed by atoms with Gasteiger partial charge in [-0.3, -0.25) is 9.78 Å². The molecule has 0 saturated carbocycles. The van der Waals surface area contributed by atoms with Crippen LogP contribution in [-0.4, -0.2) is 23.9 Å². The smallest absolute Gasteiger partial charge is 0.168 e. The van der Waals surface area contributed by atoms with Crippen molar-refractivity contribution in [2.45, 2.75) is 32.1 Å². The van der Waals surface area contributed by atoms with Crippen molar-refractivity contribution in [2.24, 2.45) is 0 Å². The summed E-state index contributed by atoms with van der Waals surface area (Å²) < 4.78 is 0. The van der Waals surface area contributed by atoms with E-state index in [1.807, 2.05) is 19.1 Å². The van der Waals surface area contributed by atoms with Gasteiger partial charge in [-0.25, -0.2) is 0 Å². The van der Waals surface area contributed by atoms with Crippen molar-refractivity contribution in [1.29, 1.82) is 0 Å². The molecule has 1 atom stereocenters. The predicted molar refractivity (Wildman–Crippen MR) is 88.3 cm³/mol. The SMILES string of the molecule is Cc1ccc(C(=O)Cc2ccc([C@H]3CCCNC3)cc2)cn1. The first kappa shape index (κ1) is 14.9. The Labute approximate surface area is 131 Å². The number of aromatic nitrogens is 1. The normalized spacial score (nSPS) is 18.1. The maximum absolute atomic E-state index is 12.3. The van der Waals surface area contributed by atoms with Gasteiger partial charge in [-0.1, -0.05) is 24.3 Å². The monoisotopic (exact) mass is 294 g/mol. The molecule has 0 spiro atoms. The fourth-order valence-corrected chi connectivity index (χ4v) is 2.96. The van der Waals surface area contributed by atoms with Gasteiger partial charge in [0.1, 0.15) is 0 Å². The lowest BCUT2D eigenvalue weighted by Gasteiger charge is -2.23. The number of hydrogen-bond donors (Lipinski definition) is 1. The minimum atomic E-state index is 0.125. The van der Waals surface area contributed by atoms with Gasteiger partial charge in [-0.15, -0.1) is 0 Å². The molecule has 1 aliphatic rings. The Morgan fingerprint density at radius 3 is 2.68 bits per heavy atom. The van der Waals surface area contributed by atoms with Crippen LogP contribution in [0.25, 0.3) is 0 Å². The molecular formula is C19H22N2O. The Balaban J connectivity index is 1.65. The Morgan fingerprint density at radius 2 is 2.05 bits per heavy atom. The molecule has 2 heterocycles. The van der Waals surface area contributed by atoms with Gasteiger partial charge in [0.2, 0.25) is 0 Å². The van der Waals surface area contributed by atoms with Crippen molar-refractivity contribution in [3.05, 3.63) is 65.0 Å². The Bertz CT molecular complexity index is 625. The molecule has 0 radical (unpaired) electrons. The first-order valence-electron chi connectivity index (χ1n) is 7.98. The van der Waals surface area contributed by atoms with Crippen LogP contribution < -0.4 is 5.32 Å². The van der Waals surface area contributed by atoms with E-state index in [1.165, 1.54) is 18.4 Å². The summed E-state index contributed by atoms with van der Waals surface area (Å²) in [6.07, 6.45) is 4.60. The summed E-state index contributed by atoms with van der Waals surface area (Å²) in [5.74, 6) is 0.736. The lowest BCUT2D eigenvalue weighted by molar-refractivity contribution is 0.0992. The van der Waals surface area contributed by atoms with E-state index in [9.17, 15) is 4.79 Å². The number of hydrogen-bond acceptors (Lipinski definition) is 3. The van der Waals surface area contributed by atoms with E-state index in [0.717, 1.165) is 24.3 Å². The van der Waals surface area contributed by atoms with Crippen molar-refractivity contribution in [3.63, 3.8) is 0 Å². The van der Waals surface area contributed by atoms with Gasteiger partial charge in [0.15, 0.2) is 5.78 Å². The first-order valence-corrected chi connectivity index (χ1v) is 7.98. The summed E-state index contributed by atoms with van der Waals surface area (Å²) in [5, 5.41) is 3.45. The lowest BCUT2D eigenvalue weighted by atomic mass is 9.90. The average molecular weight is 294 g/mol. The number of nitrogens with one attached hydrogen (secondary N) is 1. The van der Waals surface area contributed by atoms with Gasteiger partial charge in [0, 0.05) is 30.4 Å². The molecule has 1 saturated heterocycles. The molecule has 0 unspecified atom stereocenters. The summed E-state index contributed by atoms with van der Waals surface area (Å²) in [5.41, 5.74) is 4.06. The largest absolute Gasteiger partial charge is 0.316 e.